The standard InChI is InChI=1S/C17H27FN2O2S/c1-14-5-6-15(12-17(14)18)11-16-7-9-20(13-16)8-4-10-23(21,22)19(2)3/h5-6,12,16H,4,7-11,13H2,1-3H3. The molecule has 1 unspecified atom stereocenters. The van der Waals surface area contributed by atoms with Crippen LogP contribution in [-0.4, -0.2) is 57.1 Å². The van der Waals surface area contributed by atoms with Crippen molar-refractivity contribution in [3.05, 3.63) is 35.1 Å². The van der Waals surface area contributed by atoms with E-state index in [2.05, 4.69) is 4.90 Å². The fourth-order valence-electron chi connectivity index (χ4n) is 3.03. The van der Waals surface area contributed by atoms with Crippen molar-refractivity contribution in [1.82, 2.24) is 9.21 Å². The van der Waals surface area contributed by atoms with Crippen molar-refractivity contribution in [3.63, 3.8) is 0 Å². The molecular weight excluding hydrogens is 315 g/mol. The van der Waals surface area contributed by atoms with Gasteiger partial charge in [0.15, 0.2) is 0 Å². The number of aryl methyl sites for hydroxylation is 1. The van der Waals surface area contributed by atoms with Crippen LogP contribution in [0.15, 0.2) is 18.2 Å². The molecule has 2 rings (SSSR count). The molecule has 0 amide bonds. The second-order valence-electron chi connectivity index (χ2n) is 6.69. The molecule has 130 valence electrons. The van der Waals surface area contributed by atoms with E-state index < -0.39 is 10.0 Å². The third-order valence-corrected chi connectivity index (χ3v) is 6.48. The first-order valence-corrected chi connectivity index (χ1v) is 9.76. The van der Waals surface area contributed by atoms with Crippen molar-refractivity contribution in [2.24, 2.45) is 5.92 Å². The molecule has 1 heterocycles. The van der Waals surface area contributed by atoms with Gasteiger partial charge in [0.1, 0.15) is 5.82 Å². The summed E-state index contributed by atoms with van der Waals surface area (Å²) in [5.41, 5.74) is 1.74. The monoisotopic (exact) mass is 342 g/mol. The Bertz CT molecular complexity index is 631. The summed E-state index contributed by atoms with van der Waals surface area (Å²) in [5.74, 6) is 0.596. The molecule has 0 aliphatic carbocycles. The molecule has 1 aliphatic heterocycles. The molecule has 23 heavy (non-hydrogen) atoms. The van der Waals surface area contributed by atoms with Crippen LogP contribution in [0, 0.1) is 18.7 Å². The second kappa shape index (κ2) is 7.73. The van der Waals surface area contributed by atoms with E-state index in [0.717, 1.165) is 38.0 Å². The zero-order valence-corrected chi connectivity index (χ0v) is 15.1. The van der Waals surface area contributed by atoms with Crippen LogP contribution in [0.4, 0.5) is 4.39 Å². The fourth-order valence-corrected chi connectivity index (χ4v) is 3.89. The molecule has 0 spiro atoms. The Morgan fingerprint density at radius 3 is 2.74 bits per heavy atom. The Labute approximate surface area is 139 Å². The number of sulfonamides is 1. The van der Waals surface area contributed by atoms with Crippen LogP contribution in [0.25, 0.3) is 0 Å². The topological polar surface area (TPSA) is 40.6 Å². The molecule has 1 aromatic carbocycles. The minimum atomic E-state index is -3.10. The third kappa shape index (κ3) is 5.26. The van der Waals surface area contributed by atoms with Gasteiger partial charge in [-0.2, -0.15) is 0 Å². The summed E-state index contributed by atoms with van der Waals surface area (Å²) < 4.78 is 38.4. The predicted octanol–water partition coefficient (Wildman–Crippen LogP) is 2.28. The van der Waals surface area contributed by atoms with Crippen LogP contribution in [0.2, 0.25) is 0 Å². The summed E-state index contributed by atoms with van der Waals surface area (Å²) in [6, 6.07) is 5.48. The SMILES string of the molecule is Cc1ccc(CC2CCN(CCCS(=O)(=O)N(C)C)C2)cc1F. The molecule has 0 aromatic heterocycles. The molecule has 4 nitrogen and oxygen atoms in total. The summed E-state index contributed by atoms with van der Waals surface area (Å²) in [5, 5.41) is 0. The minimum absolute atomic E-state index is 0.133. The molecular formula is C17H27FN2O2S. The van der Waals surface area contributed by atoms with Crippen LogP contribution < -0.4 is 0 Å². The molecule has 1 aromatic rings. The van der Waals surface area contributed by atoms with E-state index in [1.807, 2.05) is 12.1 Å². The number of halogens is 1. The van der Waals surface area contributed by atoms with Gasteiger partial charge < -0.3 is 4.90 Å². The van der Waals surface area contributed by atoms with E-state index in [9.17, 15) is 12.8 Å². The summed E-state index contributed by atoms with van der Waals surface area (Å²) in [6.07, 6.45) is 2.64. The molecule has 0 saturated carbocycles. The van der Waals surface area contributed by atoms with Crippen LogP contribution in [0.1, 0.15) is 24.0 Å². The van der Waals surface area contributed by atoms with E-state index >= 15 is 0 Å². The van der Waals surface area contributed by atoms with Crippen LogP contribution in [-0.2, 0) is 16.4 Å². The molecule has 6 heteroatoms. The largest absolute Gasteiger partial charge is 0.303 e. The highest BCUT2D eigenvalue weighted by Gasteiger charge is 2.23. The maximum Gasteiger partial charge on any atom is 0.213 e. The Morgan fingerprint density at radius 1 is 1.35 bits per heavy atom. The molecule has 0 bridgehead atoms. The van der Waals surface area contributed by atoms with E-state index in [-0.39, 0.29) is 11.6 Å². The van der Waals surface area contributed by atoms with Gasteiger partial charge in [0, 0.05) is 20.6 Å². The fraction of sp³-hybridized carbons (Fsp3) is 0.647. The number of benzene rings is 1. The van der Waals surface area contributed by atoms with Crippen LogP contribution in [0.3, 0.4) is 0 Å². The van der Waals surface area contributed by atoms with Gasteiger partial charge in [-0.1, -0.05) is 12.1 Å². The van der Waals surface area contributed by atoms with E-state index in [4.69, 9.17) is 0 Å². The summed E-state index contributed by atoms with van der Waals surface area (Å²) in [7, 11) is 0.0469. The summed E-state index contributed by atoms with van der Waals surface area (Å²) in [6.45, 7) is 4.56. The first-order valence-electron chi connectivity index (χ1n) is 8.15. The maximum absolute atomic E-state index is 13.6. The van der Waals surface area contributed by atoms with E-state index in [0.29, 0.717) is 17.9 Å². The average molecular weight is 342 g/mol. The van der Waals surface area contributed by atoms with Crippen LogP contribution in [0.5, 0.6) is 0 Å². The number of hydrogen-bond acceptors (Lipinski definition) is 3. The smallest absolute Gasteiger partial charge is 0.213 e. The van der Waals surface area contributed by atoms with Crippen molar-refractivity contribution in [1.29, 1.82) is 0 Å². The first kappa shape index (κ1) is 18.4. The lowest BCUT2D eigenvalue weighted by Crippen LogP contribution is -2.29. The first-order chi connectivity index (χ1) is 10.8. The minimum Gasteiger partial charge on any atom is -0.303 e. The molecule has 1 aliphatic rings. The maximum atomic E-state index is 13.6. The quantitative estimate of drug-likeness (QED) is 0.763. The van der Waals surface area contributed by atoms with Crippen molar-refractivity contribution in [2.75, 3.05) is 39.5 Å². The molecule has 0 N–H and O–H groups in total. The number of rotatable bonds is 7. The van der Waals surface area contributed by atoms with Crippen molar-refractivity contribution in [3.8, 4) is 0 Å². The van der Waals surface area contributed by atoms with E-state index in [1.165, 1.54) is 4.31 Å². The van der Waals surface area contributed by atoms with Gasteiger partial charge in [-0.3, -0.25) is 0 Å². The zero-order valence-electron chi connectivity index (χ0n) is 14.3. The van der Waals surface area contributed by atoms with Crippen molar-refractivity contribution in [2.45, 2.75) is 26.2 Å². The van der Waals surface area contributed by atoms with Gasteiger partial charge in [0.05, 0.1) is 5.75 Å². The molecule has 1 fully saturated rings. The van der Waals surface area contributed by atoms with Gasteiger partial charge in [0.25, 0.3) is 0 Å². The Balaban J connectivity index is 1.77. The second-order valence-corrected chi connectivity index (χ2v) is 9.00. The number of likely N-dealkylation sites (tertiary alicyclic amines) is 1. The highest BCUT2D eigenvalue weighted by molar-refractivity contribution is 7.89. The third-order valence-electron chi connectivity index (χ3n) is 4.56. The zero-order chi connectivity index (χ0) is 17.0. The van der Waals surface area contributed by atoms with Gasteiger partial charge in [-0.25, -0.2) is 17.1 Å². The molecule has 1 atom stereocenters. The average Bonchev–Trinajstić information content (AvgIpc) is 2.90. The Hall–Kier alpha value is -0.980. The lowest BCUT2D eigenvalue weighted by molar-refractivity contribution is 0.324. The Kier molecular flexibility index (Phi) is 6.17. The normalized spacial score (nSPS) is 19.6. The molecule has 0 radical (unpaired) electrons. The number of nitrogens with zero attached hydrogens (tertiary/aromatic N) is 2. The van der Waals surface area contributed by atoms with Gasteiger partial charge >= 0.3 is 0 Å². The Morgan fingerprint density at radius 2 is 2.09 bits per heavy atom. The highest BCUT2D eigenvalue weighted by atomic mass is 32.2. The molecule has 1 saturated heterocycles. The van der Waals surface area contributed by atoms with Crippen molar-refractivity contribution < 1.29 is 12.8 Å². The van der Waals surface area contributed by atoms with Crippen LogP contribution >= 0.6 is 0 Å². The summed E-state index contributed by atoms with van der Waals surface area (Å²) >= 11 is 0. The van der Waals surface area contributed by atoms with Gasteiger partial charge in [0.2, 0.25) is 10.0 Å². The van der Waals surface area contributed by atoms with Gasteiger partial charge in [-0.15, -0.1) is 0 Å². The lowest BCUT2D eigenvalue weighted by Gasteiger charge is -2.17. The summed E-state index contributed by atoms with van der Waals surface area (Å²) in [4.78, 5) is 2.32. The van der Waals surface area contributed by atoms with E-state index in [1.54, 1.807) is 27.1 Å². The van der Waals surface area contributed by atoms with Gasteiger partial charge in [-0.05, 0) is 62.4 Å². The lowest BCUT2D eigenvalue weighted by atomic mass is 9.98. The predicted molar refractivity (Wildman–Crippen MR) is 91.5 cm³/mol. The number of hydrogen-bond donors (Lipinski definition) is 0. The highest BCUT2D eigenvalue weighted by Crippen LogP contribution is 2.22. The van der Waals surface area contributed by atoms with Crippen molar-refractivity contribution >= 4 is 10.0 Å².